The predicted molar refractivity (Wildman–Crippen MR) is 71.2 cm³/mol. The molecule has 0 saturated carbocycles. The third-order valence-electron chi connectivity index (χ3n) is 2.26. The van der Waals surface area contributed by atoms with Crippen molar-refractivity contribution in [3.8, 4) is 0 Å². The van der Waals surface area contributed by atoms with Crippen LogP contribution in [0.25, 0.3) is 0 Å². The molecule has 100 valence electrons. The largest absolute Gasteiger partial charge is 0.481 e. The van der Waals surface area contributed by atoms with E-state index < -0.39 is 11.9 Å². The fourth-order valence-electron chi connectivity index (χ4n) is 1.24. The highest BCUT2D eigenvalue weighted by Crippen LogP contribution is 2.05. The monoisotopic (exact) mass is 260 g/mol. The van der Waals surface area contributed by atoms with Crippen LogP contribution in [0.15, 0.2) is 0 Å². The van der Waals surface area contributed by atoms with Gasteiger partial charge in [0.15, 0.2) is 0 Å². The van der Waals surface area contributed by atoms with Gasteiger partial charge < -0.3 is 10.2 Å². The maximum absolute atomic E-state index is 9.64. The van der Waals surface area contributed by atoms with Crippen LogP contribution in [0.4, 0.5) is 0 Å². The molecule has 0 spiro atoms. The van der Waals surface area contributed by atoms with Crippen LogP contribution in [0.3, 0.4) is 0 Å². The Morgan fingerprint density at radius 2 is 1.29 bits per heavy atom. The summed E-state index contributed by atoms with van der Waals surface area (Å²) in [4.78, 5) is 19.3. The van der Waals surface area contributed by atoms with Crippen molar-refractivity contribution < 1.29 is 19.8 Å². The molecule has 5 heteroatoms. The summed E-state index contributed by atoms with van der Waals surface area (Å²) in [5, 5.41) is 17.3. The fourth-order valence-corrected chi connectivity index (χ4v) is 1.74. The van der Waals surface area contributed by atoms with E-state index in [4.69, 9.17) is 10.2 Å². The first kappa shape index (κ1) is 18.8. The second-order valence-corrected chi connectivity index (χ2v) is 5.06. The maximum Gasteiger partial charge on any atom is 0.303 e. The molecule has 17 heavy (non-hydrogen) atoms. The molecule has 0 aromatic heterocycles. The van der Waals surface area contributed by atoms with Gasteiger partial charge in [-0.1, -0.05) is 45.4 Å². The van der Waals surface area contributed by atoms with Gasteiger partial charge in [-0.3, -0.25) is 9.59 Å². The van der Waals surface area contributed by atoms with Gasteiger partial charge in [0, 0.05) is 0 Å². The van der Waals surface area contributed by atoms with Crippen LogP contribution in [-0.2, 0) is 9.59 Å². The molecule has 0 atom stereocenters. The zero-order chi connectivity index (χ0) is 13.5. The third kappa shape index (κ3) is 25.6. The molecule has 0 aliphatic rings. The van der Waals surface area contributed by atoms with E-state index in [1.807, 2.05) is 0 Å². The van der Waals surface area contributed by atoms with Gasteiger partial charge >= 0.3 is 11.9 Å². The van der Waals surface area contributed by atoms with Gasteiger partial charge in [0.2, 0.25) is 16.3 Å². The molecule has 0 radical (unpaired) electrons. The van der Waals surface area contributed by atoms with Gasteiger partial charge in [-0.15, -0.1) is 5.28 Å². The summed E-state index contributed by atoms with van der Waals surface area (Å²) in [6.45, 7) is 2.27. The lowest BCUT2D eigenvalue weighted by molar-refractivity contribution is -0.143. The Bertz CT molecular complexity index is 175. The number of carbonyl (C=O) groups is 2. The lowest BCUT2D eigenvalue weighted by Crippen LogP contribution is -2.00. The minimum atomic E-state index is -1.08. The summed E-state index contributed by atoms with van der Waals surface area (Å²) in [6, 6.07) is 0. The van der Waals surface area contributed by atoms with Crippen molar-refractivity contribution in [2.75, 3.05) is 0 Å². The number of unbranched alkanes of at least 4 members (excludes halogenated alkanes) is 5. The van der Waals surface area contributed by atoms with Gasteiger partial charge in [-0.25, -0.2) is 0 Å². The van der Waals surface area contributed by atoms with Crippen molar-refractivity contribution in [2.45, 2.75) is 63.6 Å². The van der Waals surface area contributed by atoms with Gasteiger partial charge in [-0.2, -0.15) is 0 Å². The Morgan fingerprint density at radius 3 is 1.65 bits per heavy atom. The molecular formula is C12H25AlO4. The molecule has 2 N–H and O–H groups in total. The van der Waals surface area contributed by atoms with Crippen molar-refractivity contribution >= 4 is 28.2 Å². The first-order valence-electron chi connectivity index (χ1n) is 6.48. The van der Waals surface area contributed by atoms with Crippen LogP contribution in [0, 0.1) is 0 Å². The molecule has 0 aromatic rings. The molecule has 0 unspecified atom stereocenters. The summed E-state index contributed by atoms with van der Waals surface area (Å²) in [6.07, 6.45) is 8.17. The highest BCUT2D eigenvalue weighted by atomic mass is 27.0. The van der Waals surface area contributed by atoms with E-state index in [1.54, 1.807) is 0 Å². The lowest BCUT2D eigenvalue weighted by atomic mass is 10.1. The molecule has 0 aromatic carbocycles. The number of hydrogen-bond acceptors (Lipinski definition) is 2. The summed E-state index contributed by atoms with van der Waals surface area (Å²) in [5.41, 5.74) is 0. The number of aliphatic carboxylic acids is 2. The second-order valence-electron chi connectivity index (χ2n) is 4.06. The van der Waals surface area contributed by atoms with E-state index in [1.165, 1.54) is 60.1 Å². The Hall–Kier alpha value is -0.528. The Balaban J connectivity index is 0. The zero-order valence-electron chi connectivity index (χ0n) is 11.1. The quantitative estimate of drug-likeness (QED) is 0.493. The van der Waals surface area contributed by atoms with Crippen LogP contribution in [0.2, 0.25) is 5.28 Å². The number of carboxylic acids is 2. The van der Waals surface area contributed by atoms with Crippen LogP contribution in [-0.4, -0.2) is 38.4 Å². The van der Waals surface area contributed by atoms with E-state index in [9.17, 15) is 9.59 Å². The molecule has 0 saturated heterocycles. The lowest BCUT2D eigenvalue weighted by Gasteiger charge is -1.96. The normalized spacial score (nSPS) is 9.24. The summed E-state index contributed by atoms with van der Waals surface area (Å²) < 4.78 is 0. The highest BCUT2D eigenvalue weighted by molar-refractivity contribution is 6.08. The SMILES string of the molecule is CCCCCCC[CH2][AlH2].O=C(O)CCC(=O)O. The molecule has 0 rings (SSSR count). The minimum Gasteiger partial charge on any atom is -0.481 e. The molecule has 4 nitrogen and oxygen atoms in total. The van der Waals surface area contributed by atoms with Gasteiger partial charge in [0.05, 0.1) is 12.8 Å². The van der Waals surface area contributed by atoms with Crippen LogP contribution in [0.1, 0.15) is 58.3 Å². The first-order chi connectivity index (χ1) is 8.04. The summed E-state index contributed by atoms with van der Waals surface area (Å²) in [7, 11) is 0. The summed E-state index contributed by atoms with van der Waals surface area (Å²) in [5.74, 6) is -2.15. The Labute approximate surface area is 112 Å². The average molecular weight is 260 g/mol. The van der Waals surface area contributed by atoms with Crippen LogP contribution >= 0.6 is 0 Å². The minimum absolute atomic E-state index is 0.296. The second kappa shape index (κ2) is 15.5. The Kier molecular flexibility index (Phi) is 17.1. The number of hydrogen-bond donors (Lipinski definition) is 2. The van der Waals surface area contributed by atoms with E-state index in [2.05, 4.69) is 6.92 Å². The molecule has 0 fully saturated rings. The number of rotatable bonds is 9. The van der Waals surface area contributed by atoms with Crippen molar-refractivity contribution in [3.05, 3.63) is 0 Å². The van der Waals surface area contributed by atoms with Gasteiger partial charge in [0.25, 0.3) is 0 Å². The highest BCUT2D eigenvalue weighted by Gasteiger charge is 2.00. The topological polar surface area (TPSA) is 74.6 Å². The standard InChI is InChI=1S/C8H17.C4H6O4.Al.2H/c1-3-5-7-8-6-4-2;5-3(6)1-2-4(7)8;;;/h1,3-8H2,2H3;1-2H2,(H,5,6)(H,7,8);;;. The smallest absolute Gasteiger partial charge is 0.303 e. The number of carboxylic acid groups (broad SMARTS) is 2. The van der Waals surface area contributed by atoms with Crippen LogP contribution < -0.4 is 0 Å². The average Bonchev–Trinajstić information content (AvgIpc) is 2.27. The molecule has 0 aliphatic heterocycles. The Morgan fingerprint density at radius 1 is 0.882 bits per heavy atom. The fraction of sp³-hybridized carbons (Fsp3) is 0.833. The summed E-state index contributed by atoms with van der Waals surface area (Å²) >= 11 is 1.41. The predicted octanol–water partition coefficient (Wildman–Crippen LogP) is 2.33. The van der Waals surface area contributed by atoms with Crippen molar-refractivity contribution in [3.63, 3.8) is 0 Å². The van der Waals surface area contributed by atoms with Crippen LogP contribution in [0.5, 0.6) is 0 Å². The molecule has 0 bridgehead atoms. The zero-order valence-corrected chi connectivity index (χ0v) is 13.1. The molecule has 0 heterocycles. The van der Waals surface area contributed by atoms with Crippen molar-refractivity contribution in [2.24, 2.45) is 0 Å². The van der Waals surface area contributed by atoms with Gasteiger partial charge in [-0.05, 0) is 0 Å². The van der Waals surface area contributed by atoms with E-state index >= 15 is 0 Å². The van der Waals surface area contributed by atoms with Crippen molar-refractivity contribution in [1.82, 2.24) is 0 Å². The van der Waals surface area contributed by atoms with E-state index in [0.717, 1.165) is 0 Å². The molecular weight excluding hydrogens is 235 g/mol. The molecule has 0 amide bonds. The van der Waals surface area contributed by atoms with E-state index in [0.29, 0.717) is 0 Å². The van der Waals surface area contributed by atoms with Crippen molar-refractivity contribution in [1.29, 1.82) is 0 Å². The molecule has 0 aliphatic carbocycles. The third-order valence-corrected chi connectivity index (χ3v) is 2.97. The maximum atomic E-state index is 9.64. The first-order valence-corrected chi connectivity index (χ1v) is 7.89. The van der Waals surface area contributed by atoms with E-state index in [-0.39, 0.29) is 12.8 Å². The van der Waals surface area contributed by atoms with Gasteiger partial charge in [0.1, 0.15) is 0 Å².